The number of imidazole rings is 2. The van der Waals surface area contributed by atoms with E-state index in [9.17, 15) is 10.1 Å². The third-order valence-electron chi connectivity index (χ3n) is 6.47. The number of aromatic nitrogens is 7. The van der Waals surface area contributed by atoms with Crippen molar-refractivity contribution in [2.75, 3.05) is 11.9 Å². The molecule has 3 atom stereocenters. The van der Waals surface area contributed by atoms with E-state index in [1.54, 1.807) is 33.8 Å². The van der Waals surface area contributed by atoms with Crippen LogP contribution in [0.2, 0.25) is 0 Å². The van der Waals surface area contributed by atoms with Crippen molar-refractivity contribution < 1.29 is 18.7 Å². The summed E-state index contributed by atoms with van der Waals surface area (Å²) in [6, 6.07) is 3.63. The molecule has 190 valence electrons. The highest BCUT2D eigenvalue weighted by molar-refractivity contribution is 5.69. The van der Waals surface area contributed by atoms with Crippen LogP contribution in [-0.2, 0) is 9.47 Å². The molecule has 1 saturated heterocycles. The van der Waals surface area contributed by atoms with Gasteiger partial charge in [0.2, 0.25) is 5.95 Å². The van der Waals surface area contributed by atoms with Gasteiger partial charge in [0.15, 0.2) is 29.4 Å². The Hall–Kier alpha value is -4.51. The van der Waals surface area contributed by atoms with Crippen LogP contribution in [0.25, 0.3) is 11.3 Å². The summed E-state index contributed by atoms with van der Waals surface area (Å²) in [5, 5.41) is 22.2. The normalized spacial score (nSPS) is 22.1. The maximum absolute atomic E-state index is 15.1. The average molecular weight is 507 g/mol. The highest BCUT2D eigenvalue weighted by Crippen LogP contribution is 2.36. The number of carbonyl (C=O) groups is 1. The molecule has 4 aromatic rings. The van der Waals surface area contributed by atoms with Crippen LogP contribution in [0.4, 0.5) is 21.0 Å². The molecule has 0 unspecified atom stereocenters. The molecular formula is C23H23FN10O3. The zero-order chi connectivity index (χ0) is 25.7. The summed E-state index contributed by atoms with van der Waals surface area (Å²) in [5.74, 6) is 0.694. The SMILES string of the molecule is Cc1cn(-c2cnc(Nc3cc([C@@H]4OC[C@H](OC(=O)NC5(C)CC5)[C@H]4F)[nH]n3)n3cc(C#N)nc23)cn1. The smallest absolute Gasteiger partial charge is 0.408 e. The number of rotatable bonds is 6. The Morgan fingerprint density at radius 1 is 1.38 bits per heavy atom. The number of H-pyrrole nitrogens is 1. The largest absolute Gasteiger partial charge is 0.441 e. The van der Waals surface area contributed by atoms with Crippen molar-refractivity contribution in [3.63, 3.8) is 0 Å². The number of hydrogen-bond acceptors (Lipinski definition) is 9. The number of carbonyl (C=O) groups excluding carboxylic acids is 1. The van der Waals surface area contributed by atoms with Gasteiger partial charge in [0.05, 0.1) is 36.7 Å². The van der Waals surface area contributed by atoms with Crippen molar-refractivity contribution >= 4 is 23.5 Å². The van der Waals surface area contributed by atoms with Gasteiger partial charge in [0, 0.05) is 17.8 Å². The van der Waals surface area contributed by atoms with Crippen molar-refractivity contribution in [1.82, 2.24) is 39.4 Å². The number of aryl methyl sites for hydroxylation is 1. The van der Waals surface area contributed by atoms with E-state index in [2.05, 4.69) is 35.8 Å². The van der Waals surface area contributed by atoms with E-state index < -0.39 is 24.5 Å². The molecule has 1 amide bonds. The van der Waals surface area contributed by atoms with E-state index in [-0.39, 0.29) is 17.8 Å². The number of nitriles is 1. The third kappa shape index (κ3) is 4.33. The Morgan fingerprint density at radius 3 is 2.95 bits per heavy atom. The number of halogens is 1. The van der Waals surface area contributed by atoms with Gasteiger partial charge in [0.25, 0.3) is 0 Å². The fourth-order valence-corrected chi connectivity index (χ4v) is 4.17. The lowest BCUT2D eigenvalue weighted by Gasteiger charge is -2.17. The maximum atomic E-state index is 15.1. The van der Waals surface area contributed by atoms with Crippen LogP contribution in [0.5, 0.6) is 0 Å². The summed E-state index contributed by atoms with van der Waals surface area (Å²) in [5.41, 5.74) is 2.28. The van der Waals surface area contributed by atoms with E-state index in [4.69, 9.17) is 9.47 Å². The number of ether oxygens (including phenoxy) is 2. The van der Waals surface area contributed by atoms with Crippen LogP contribution in [0.1, 0.15) is 43.0 Å². The minimum Gasteiger partial charge on any atom is -0.441 e. The summed E-state index contributed by atoms with van der Waals surface area (Å²) in [6.07, 6.45) is 4.16. The number of alkyl halides is 1. The van der Waals surface area contributed by atoms with Crippen molar-refractivity contribution in [1.29, 1.82) is 5.26 Å². The van der Waals surface area contributed by atoms with Crippen LogP contribution in [0.15, 0.2) is 31.0 Å². The Kier molecular flexibility index (Phi) is 5.30. The summed E-state index contributed by atoms with van der Waals surface area (Å²) < 4.78 is 29.3. The van der Waals surface area contributed by atoms with Gasteiger partial charge in [-0.1, -0.05) is 0 Å². The zero-order valence-electron chi connectivity index (χ0n) is 20.0. The predicted molar refractivity (Wildman–Crippen MR) is 126 cm³/mol. The molecule has 2 fully saturated rings. The topological polar surface area (TPSA) is 160 Å². The molecule has 0 aromatic carbocycles. The lowest BCUT2D eigenvalue weighted by molar-refractivity contribution is 0.0604. The molecule has 1 aliphatic heterocycles. The standard InChI is InChI=1S/C23H23FN10O3/c1-12-8-33(11-27-12)15-7-26-21(34-9-13(6-25)28-20(15)34)29-17-5-14(31-32-17)19-18(24)16(10-36-19)37-22(35)30-23(2)3-4-23/h5,7-9,11,16,18-19H,3-4,10H2,1-2H3,(H,30,35)(H2,26,29,31,32)/t16-,18+,19-/m0/s1. The van der Waals surface area contributed by atoms with Crippen molar-refractivity contribution in [3.05, 3.63) is 48.1 Å². The Morgan fingerprint density at radius 2 is 2.22 bits per heavy atom. The van der Waals surface area contributed by atoms with E-state index >= 15 is 4.39 Å². The molecule has 1 saturated carbocycles. The minimum atomic E-state index is -1.57. The summed E-state index contributed by atoms with van der Waals surface area (Å²) in [4.78, 5) is 25.2. The number of hydrogen-bond donors (Lipinski definition) is 3. The van der Waals surface area contributed by atoms with Gasteiger partial charge in [-0.3, -0.25) is 9.50 Å². The third-order valence-corrected chi connectivity index (χ3v) is 6.47. The van der Waals surface area contributed by atoms with Crippen LogP contribution >= 0.6 is 0 Å². The van der Waals surface area contributed by atoms with Gasteiger partial charge >= 0.3 is 6.09 Å². The van der Waals surface area contributed by atoms with Crippen molar-refractivity contribution in [3.8, 4) is 11.8 Å². The first-order valence-corrected chi connectivity index (χ1v) is 11.7. The van der Waals surface area contributed by atoms with E-state index in [1.165, 1.54) is 0 Å². The molecule has 6 rings (SSSR count). The maximum Gasteiger partial charge on any atom is 0.408 e. The molecule has 4 aromatic heterocycles. The Bertz CT molecular complexity index is 1530. The highest BCUT2D eigenvalue weighted by atomic mass is 19.1. The van der Waals surface area contributed by atoms with Crippen molar-refractivity contribution in [2.45, 2.75) is 50.6 Å². The molecule has 14 heteroatoms. The summed E-state index contributed by atoms with van der Waals surface area (Å²) in [6.45, 7) is 3.71. The first-order chi connectivity index (χ1) is 17.8. The van der Waals surface area contributed by atoms with Gasteiger partial charge in [0.1, 0.15) is 17.9 Å². The first-order valence-electron chi connectivity index (χ1n) is 11.7. The monoisotopic (exact) mass is 506 g/mol. The molecule has 1 aliphatic carbocycles. The van der Waals surface area contributed by atoms with Gasteiger partial charge in [-0.05, 0) is 26.7 Å². The summed E-state index contributed by atoms with van der Waals surface area (Å²) in [7, 11) is 0. The van der Waals surface area contributed by atoms with Gasteiger partial charge < -0.3 is 24.7 Å². The number of nitrogens with zero attached hydrogens (tertiary/aromatic N) is 7. The molecule has 37 heavy (non-hydrogen) atoms. The Labute approximate surface area is 209 Å². The van der Waals surface area contributed by atoms with E-state index in [0.29, 0.717) is 28.8 Å². The molecule has 2 aliphatic rings. The second-order valence-corrected chi connectivity index (χ2v) is 9.48. The van der Waals surface area contributed by atoms with Gasteiger partial charge in [-0.2, -0.15) is 10.4 Å². The highest BCUT2D eigenvalue weighted by Gasteiger charge is 2.44. The number of fused-ring (bicyclic) bond motifs is 1. The Balaban J connectivity index is 1.19. The second-order valence-electron chi connectivity index (χ2n) is 9.48. The average Bonchev–Trinajstić information content (AvgIpc) is 3.36. The fraction of sp³-hybridized carbons (Fsp3) is 0.391. The van der Waals surface area contributed by atoms with Crippen LogP contribution in [0, 0.1) is 18.3 Å². The van der Waals surface area contributed by atoms with Crippen LogP contribution in [0.3, 0.4) is 0 Å². The van der Waals surface area contributed by atoms with Gasteiger partial charge in [-0.25, -0.2) is 24.1 Å². The minimum absolute atomic E-state index is 0.0684. The molecule has 0 bridgehead atoms. The molecule has 3 N–H and O–H groups in total. The molecule has 13 nitrogen and oxygen atoms in total. The molecule has 5 heterocycles. The van der Waals surface area contributed by atoms with Gasteiger partial charge in [-0.15, -0.1) is 0 Å². The first kappa shape index (κ1) is 22.9. The van der Waals surface area contributed by atoms with Crippen LogP contribution in [-0.4, -0.2) is 64.6 Å². The fourth-order valence-electron chi connectivity index (χ4n) is 4.17. The number of alkyl carbamates (subject to hydrolysis) is 1. The molecule has 0 radical (unpaired) electrons. The second kappa shape index (κ2) is 8.56. The summed E-state index contributed by atoms with van der Waals surface area (Å²) >= 11 is 0. The molecular weight excluding hydrogens is 483 g/mol. The number of aromatic amines is 1. The lowest BCUT2D eigenvalue weighted by Crippen LogP contribution is -2.39. The van der Waals surface area contributed by atoms with E-state index in [0.717, 1.165) is 18.5 Å². The number of amides is 1. The zero-order valence-corrected chi connectivity index (χ0v) is 20.0. The predicted octanol–water partition coefficient (Wildman–Crippen LogP) is 2.62. The quantitative estimate of drug-likeness (QED) is 0.357. The number of nitrogens with one attached hydrogen (secondary N) is 3. The number of anilines is 2. The molecule has 0 spiro atoms. The lowest BCUT2D eigenvalue weighted by atomic mass is 10.1. The van der Waals surface area contributed by atoms with E-state index in [1.807, 2.05) is 26.1 Å². The van der Waals surface area contributed by atoms with Crippen molar-refractivity contribution in [2.24, 2.45) is 0 Å². The van der Waals surface area contributed by atoms with Crippen LogP contribution < -0.4 is 10.6 Å².